The molecule has 1 N–H and O–H groups in total. The molecule has 1 aliphatic heterocycles. The topological polar surface area (TPSA) is 76.1 Å². The molecule has 0 unspecified atom stereocenters. The van der Waals surface area contributed by atoms with Crippen molar-refractivity contribution >= 4 is 11.9 Å². The third kappa shape index (κ3) is 4.92. The summed E-state index contributed by atoms with van der Waals surface area (Å²) in [6.45, 7) is 1.89. The average molecular weight is 417 g/mol. The van der Waals surface area contributed by atoms with Gasteiger partial charge in [-0.2, -0.15) is 0 Å². The van der Waals surface area contributed by atoms with E-state index in [9.17, 15) is 14.7 Å². The molecule has 1 fully saturated rings. The highest BCUT2D eigenvalue weighted by atomic mass is 16.5. The van der Waals surface area contributed by atoms with Crippen molar-refractivity contribution in [2.24, 2.45) is 0 Å². The summed E-state index contributed by atoms with van der Waals surface area (Å²) in [6, 6.07) is 22.8. The van der Waals surface area contributed by atoms with Gasteiger partial charge in [0.15, 0.2) is 0 Å². The molecular weight excluding hydrogens is 394 g/mol. The molecule has 4 rings (SSSR count). The van der Waals surface area contributed by atoms with Gasteiger partial charge in [-0.15, -0.1) is 0 Å². The lowest BCUT2D eigenvalue weighted by Crippen LogP contribution is -2.44. The second-order valence-electron chi connectivity index (χ2n) is 7.26. The fourth-order valence-corrected chi connectivity index (χ4v) is 3.47. The van der Waals surface area contributed by atoms with Gasteiger partial charge in [-0.1, -0.05) is 54.6 Å². The van der Waals surface area contributed by atoms with E-state index in [0.29, 0.717) is 37.4 Å². The zero-order valence-electron chi connectivity index (χ0n) is 16.9. The number of rotatable bonds is 5. The first-order valence-electron chi connectivity index (χ1n) is 10.1. The van der Waals surface area contributed by atoms with E-state index in [1.807, 2.05) is 30.3 Å². The van der Waals surface area contributed by atoms with Crippen molar-refractivity contribution < 1.29 is 24.2 Å². The molecule has 1 heterocycles. The largest absolute Gasteiger partial charge is 0.508 e. The van der Waals surface area contributed by atoms with Gasteiger partial charge in [0.1, 0.15) is 5.75 Å². The number of nitrogens with zero attached hydrogens (tertiary/aromatic N) is 1. The molecule has 6 heteroatoms. The zero-order chi connectivity index (χ0) is 21.6. The van der Waals surface area contributed by atoms with Crippen molar-refractivity contribution in [3.63, 3.8) is 0 Å². The predicted octanol–water partition coefficient (Wildman–Crippen LogP) is 3.82. The first-order valence-corrected chi connectivity index (χ1v) is 10.1. The Morgan fingerprint density at radius 1 is 0.839 bits per heavy atom. The molecule has 0 aliphatic carbocycles. The van der Waals surface area contributed by atoms with Crippen molar-refractivity contribution in [3.8, 4) is 16.9 Å². The summed E-state index contributed by atoms with van der Waals surface area (Å²) in [7, 11) is 0. The number of esters is 1. The number of carbonyl (C=O) groups is 2. The number of hydrogen-bond acceptors (Lipinski definition) is 5. The molecule has 1 aliphatic rings. The molecular formula is C25H23NO5. The molecule has 31 heavy (non-hydrogen) atoms. The minimum atomic E-state index is -1.01. The second-order valence-corrected chi connectivity index (χ2v) is 7.26. The van der Waals surface area contributed by atoms with Gasteiger partial charge in [0.25, 0.3) is 5.91 Å². The normalized spacial score (nSPS) is 14.6. The fraction of sp³-hybridized carbons (Fsp3) is 0.200. The summed E-state index contributed by atoms with van der Waals surface area (Å²) < 4.78 is 11.0. The van der Waals surface area contributed by atoms with E-state index in [-0.39, 0.29) is 11.7 Å². The van der Waals surface area contributed by atoms with Gasteiger partial charge in [-0.05, 0) is 35.4 Å². The van der Waals surface area contributed by atoms with E-state index < -0.39 is 12.1 Å². The van der Waals surface area contributed by atoms with Gasteiger partial charge in [-0.25, -0.2) is 4.79 Å². The van der Waals surface area contributed by atoms with Crippen LogP contribution in [0, 0.1) is 0 Å². The van der Waals surface area contributed by atoms with Crippen molar-refractivity contribution in [1.82, 2.24) is 4.90 Å². The number of amides is 1. The fourth-order valence-electron chi connectivity index (χ4n) is 3.47. The Labute approximate surface area is 180 Å². The van der Waals surface area contributed by atoms with Crippen LogP contribution < -0.4 is 0 Å². The van der Waals surface area contributed by atoms with Gasteiger partial charge >= 0.3 is 5.97 Å². The molecule has 0 spiro atoms. The lowest BCUT2D eigenvalue weighted by Gasteiger charge is -2.30. The van der Waals surface area contributed by atoms with Gasteiger partial charge in [0, 0.05) is 18.7 Å². The van der Waals surface area contributed by atoms with E-state index in [4.69, 9.17) is 9.47 Å². The Morgan fingerprint density at radius 3 is 2.03 bits per heavy atom. The summed E-state index contributed by atoms with van der Waals surface area (Å²) in [5, 5.41) is 9.44. The van der Waals surface area contributed by atoms with Crippen LogP contribution in [0.15, 0.2) is 78.9 Å². The molecule has 3 aromatic carbocycles. The lowest BCUT2D eigenvalue weighted by atomic mass is 10.0. The standard InChI is InChI=1S/C25H23NO5/c27-22-12-10-19(11-13-22)18-6-8-21(9-7-18)25(29)31-23(20-4-2-1-3-5-20)24(28)26-14-16-30-17-15-26/h1-13,23,27H,14-17H2/t23-/m0/s1. The minimum Gasteiger partial charge on any atom is -0.508 e. The maximum atomic E-state index is 13.1. The van der Waals surface area contributed by atoms with Crippen LogP contribution in [0.4, 0.5) is 0 Å². The third-order valence-electron chi connectivity index (χ3n) is 5.20. The Morgan fingerprint density at radius 2 is 1.42 bits per heavy atom. The van der Waals surface area contributed by atoms with E-state index in [2.05, 4.69) is 0 Å². The van der Waals surface area contributed by atoms with Crippen LogP contribution in [0.1, 0.15) is 22.0 Å². The highest BCUT2D eigenvalue weighted by molar-refractivity contribution is 5.93. The molecule has 1 atom stereocenters. The summed E-state index contributed by atoms with van der Waals surface area (Å²) in [5.74, 6) is -0.614. The van der Waals surface area contributed by atoms with Crippen LogP contribution in [0.2, 0.25) is 0 Å². The van der Waals surface area contributed by atoms with Crippen molar-refractivity contribution in [1.29, 1.82) is 0 Å². The number of carbonyl (C=O) groups excluding carboxylic acids is 2. The number of morpholine rings is 1. The number of phenols is 1. The Hall–Kier alpha value is -3.64. The smallest absolute Gasteiger partial charge is 0.339 e. The first-order chi connectivity index (χ1) is 15.1. The highest BCUT2D eigenvalue weighted by Crippen LogP contribution is 2.25. The summed E-state index contributed by atoms with van der Waals surface area (Å²) >= 11 is 0. The quantitative estimate of drug-likeness (QED) is 0.639. The highest BCUT2D eigenvalue weighted by Gasteiger charge is 2.30. The first kappa shape index (κ1) is 20.6. The van der Waals surface area contributed by atoms with Crippen LogP contribution in [0.5, 0.6) is 5.75 Å². The van der Waals surface area contributed by atoms with E-state index in [0.717, 1.165) is 11.1 Å². The zero-order valence-corrected chi connectivity index (χ0v) is 16.9. The van der Waals surface area contributed by atoms with Crippen molar-refractivity contribution in [3.05, 3.63) is 90.0 Å². The SMILES string of the molecule is O=C(O[C@H](C(=O)N1CCOCC1)c1ccccc1)c1ccc(-c2ccc(O)cc2)cc1. The number of benzene rings is 3. The molecule has 0 saturated carbocycles. The van der Waals surface area contributed by atoms with Crippen molar-refractivity contribution in [2.45, 2.75) is 6.10 Å². The number of aromatic hydroxyl groups is 1. The predicted molar refractivity (Wildman–Crippen MR) is 116 cm³/mol. The molecule has 1 saturated heterocycles. The molecule has 0 aromatic heterocycles. The maximum Gasteiger partial charge on any atom is 0.339 e. The second kappa shape index (κ2) is 9.45. The van der Waals surface area contributed by atoms with Crippen LogP contribution >= 0.6 is 0 Å². The average Bonchev–Trinajstić information content (AvgIpc) is 2.84. The lowest BCUT2D eigenvalue weighted by molar-refractivity contribution is -0.145. The number of ether oxygens (including phenoxy) is 2. The van der Waals surface area contributed by atoms with Gasteiger partial charge < -0.3 is 19.5 Å². The number of hydrogen-bond donors (Lipinski definition) is 1. The Balaban J connectivity index is 1.53. The van der Waals surface area contributed by atoms with Crippen LogP contribution in [-0.4, -0.2) is 48.2 Å². The molecule has 0 radical (unpaired) electrons. The summed E-state index contributed by atoms with van der Waals surface area (Å²) in [4.78, 5) is 27.6. The Bertz CT molecular complexity index is 1030. The van der Waals surface area contributed by atoms with E-state index >= 15 is 0 Å². The van der Waals surface area contributed by atoms with Gasteiger partial charge in [-0.3, -0.25) is 4.79 Å². The summed E-state index contributed by atoms with van der Waals surface area (Å²) in [5.41, 5.74) is 2.81. The van der Waals surface area contributed by atoms with Gasteiger partial charge in [0.05, 0.1) is 18.8 Å². The monoisotopic (exact) mass is 417 g/mol. The molecule has 3 aromatic rings. The molecule has 6 nitrogen and oxygen atoms in total. The number of phenolic OH excluding ortho intramolecular Hbond substituents is 1. The van der Waals surface area contributed by atoms with Crippen molar-refractivity contribution in [2.75, 3.05) is 26.3 Å². The molecule has 158 valence electrons. The third-order valence-corrected chi connectivity index (χ3v) is 5.20. The van der Waals surface area contributed by atoms with Crippen LogP contribution in [0.25, 0.3) is 11.1 Å². The Kier molecular flexibility index (Phi) is 6.29. The molecule has 0 bridgehead atoms. The summed E-state index contributed by atoms with van der Waals surface area (Å²) in [6.07, 6.45) is -1.01. The van der Waals surface area contributed by atoms with Crippen LogP contribution in [-0.2, 0) is 14.3 Å². The van der Waals surface area contributed by atoms with E-state index in [1.165, 1.54) is 0 Å². The molecule has 1 amide bonds. The van der Waals surface area contributed by atoms with E-state index in [1.54, 1.807) is 53.4 Å². The maximum absolute atomic E-state index is 13.1. The minimum absolute atomic E-state index is 0.195. The van der Waals surface area contributed by atoms with Gasteiger partial charge in [0.2, 0.25) is 6.10 Å². The van der Waals surface area contributed by atoms with Crippen LogP contribution in [0.3, 0.4) is 0 Å².